The third-order valence-electron chi connectivity index (χ3n) is 3.94. The van der Waals surface area contributed by atoms with E-state index in [4.69, 9.17) is 4.74 Å². The van der Waals surface area contributed by atoms with Gasteiger partial charge in [0.25, 0.3) is 0 Å². The van der Waals surface area contributed by atoms with Crippen LogP contribution in [0.25, 0.3) is 0 Å². The first-order valence-corrected chi connectivity index (χ1v) is 8.31. The number of fused-ring (bicyclic) bond motifs is 1. The second kappa shape index (κ2) is 6.54. The normalized spacial score (nSPS) is 18.3. The maximum absolute atomic E-state index is 5.26. The molecule has 0 saturated heterocycles. The molecule has 0 saturated carbocycles. The van der Waals surface area contributed by atoms with Crippen molar-refractivity contribution in [1.29, 1.82) is 0 Å². The van der Waals surface area contributed by atoms with E-state index in [1.807, 2.05) is 23.9 Å². The van der Waals surface area contributed by atoms with Gasteiger partial charge in [-0.1, -0.05) is 37.3 Å². The zero-order valence-corrected chi connectivity index (χ0v) is 13.3. The van der Waals surface area contributed by atoms with E-state index in [0.29, 0.717) is 11.3 Å². The molecule has 1 aliphatic rings. The van der Waals surface area contributed by atoms with Crippen LogP contribution >= 0.6 is 11.8 Å². The van der Waals surface area contributed by atoms with Crippen molar-refractivity contribution in [1.82, 2.24) is 5.32 Å². The standard InChI is InChI=1S/C18H21NOS/c1-3-19-18(13-8-10-15(20-2)11-9-13)17-12-14-6-4-5-7-16(14)21-17/h4-11,17-19H,3,12H2,1-2H3. The lowest BCUT2D eigenvalue weighted by molar-refractivity contribution is 0.414. The van der Waals surface area contributed by atoms with Gasteiger partial charge >= 0.3 is 0 Å². The molecule has 3 rings (SSSR count). The largest absolute Gasteiger partial charge is 0.497 e. The highest BCUT2D eigenvalue weighted by atomic mass is 32.2. The first-order chi connectivity index (χ1) is 10.3. The van der Waals surface area contributed by atoms with Crippen molar-refractivity contribution < 1.29 is 4.74 Å². The van der Waals surface area contributed by atoms with Crippen molar-refractivity contribution in [2.75, 3.05) is 13.7 Å². The molecule has 0 spiro atoms. The summed E-state index contributed by atoms with van der Waals surface area (Å²) in [4.78, 5) is 1.43. The second-order valence-corrected chi connectivity index (χ2v) is 6.56. The van der Waals surface area contributed by atoms with Crippen LogP contribution in [0.15, 0.2) is 53.4 Å². The Balaban J connectivity index is 1.82. The van der Waals surface area contributed by atoms with Gasteiger partial charge in [0.2, 0.25) is 0 Å². The molecule has 0 fully saturated rings. The number of rotatable bonds is 5. The van der Waals surface area contributed by atoms with Crippen molar-refractivity contribution in [3.8, 4) is 5.75 Å². The van der Waals surface area contributed by atoms with Crippen molar-refractivity contribution in [2.24, 2.45) is 0 Å². The molecule has 1 aliphatic heterocycles. The van der Waals surface area contributed by atoms with Crippen LogP contribution in [0.1, 0.15) is 24.1 Å². The number of benzene rings is 2. The monoisotopic (exact) mass is 299 g/mol. The van der Waals surface area contributed by atoms with E-state index >= 15 is 0 Å². The van der Waals surface area contributed by atoms with E-state index in [1.165, 1.54) is 16.0 Å². The molecule has 21 heavy (non-hydrogen) atoms. The van der Waals surface area contributed by atoms with Crippen LogP contribution in [0.5, 0.6) is 5.75 Å². The average molecular weight is 299 g/mol. The van der Waals surface area contributed by atoms with E-state index in [2.05, 4.69) is 48.6 Å². The fourth-order valence-electron chi connectivity index (χ4n) is 2.89. The number of methoxy groups -OCH3 is 1. The topological polar surface area (TPSA) is 21.3 Å². The minimum Gasteiger partial charge on any atom is -0.497 e. The van der Waals surface area contributed by atoms with Crippen LogP contribution in [-0.2, 0) is 6.42 Å². The first-order valence-electron chi connectivity index (χ1n) is 7.43. The Kier molecular flexibility index (Phi) is 4.51. The number of hydrogen-bond donors (Lipinski definition) is 1. The molecule has 110 valence electrons. The summed E-state index contributed by atoms with van der Waals surface area (Å²) in [6.45, 7) is 3.15. The molecule has 3 heteroatoms. The molecule has 2 nitrogen and oxygen atoms in total. The summed E-state index contributed by atoms with van der Waals surface area (Å²) >= 11 is 2.00. The molecular weight excluding hydrogens is 278 g/mol. The summed E-state index contributed by atoms with van der Waals surface area (Å²) in [7, 11) is 1.71. The first kappa shape index (κ1) is 14.5. The van der Waals surface area contributed by atoms with Gasteiger partial charge in [-0.25, -0.2) is 0 Å². The van der Waals surface area contributed by atoms with Crippen LogP contribution in [0, 0.1) is 0 Å². The summed E-state index contributed by atoms with van der Waals surface area (Å²) < 4.78 is 5.26. The molecule has 2 aromatic carbocycles. The summed E-state index contributed by atoms with van der Waals surface area (Å²) in [5, 5.41) is 4.20. The molecule has 1 N–H and O–H groups in total. The fourth-order valence-corrected chi connectivity index (χ4v) is 4.33. The predicted octanol–water partition coefficient (Wildman–Crippen LogP) is 4.06. The second-order valence-electron chi connectivity index (χ2n) is 5.28. The lowest BCUT2D eigenvalue weighted by Gasteiger charge is -2.24. The third-order valence-corrected chi connectivity index (χ3v) is 5.34. The number of hydrogen-bond acceptors (Lipinski definition) is 3. The Morgan fingerprint density at radius 2 is 1.95 bits per heavy atom. The molecule has 2 aromatic rings. The van der Waals surface area contributed by atoms with Gasteiger partial charge in [0.15, 0.2) is 0 Å². The quantitative estimate of drug-likeness (QED) is 0.899. The van der Waals surface area contributed by atoms with E-state index in [1.54, 1.807) is 7.11 Å². The van der Waals surface area contributed by atoms with E-state index in [-0.39, 0.29) is 0 Å². The van der Waals surface area contributed by atoms with Crippen LogP contribution in [0.4, 0.5) is 0 Å². The summed E-state index contributed by atoms with van der Waals surface area (Å²) in [6, 6.07) is 17.6. The Bertz CT molecular complexity index is 571. The summed E-state index contributed by atoms with van der Waals surface area (Å²) in [5.74, 6) is 0.913. The van der Waals surface area contributed by atoms with Crippen molar-refractivity contribution in [2.45, 2.75) is 29.5 Å². The highest BCUT2D eigenvalue weighted by Gasteiger charge is 2.29. The van der Waals surface area contributed by atoms with Crippen molar-refractivity contribution >= 4 is 11.8 Å². The van der Waals surface area contributed by atoms with Gasteiger partial charge in [0, 0.05) is 16.2 Å². The number of thioether (sulfide) groups is 1. The van der Waals surface area contributed by atoms with Crippen LogP contribution in [0.3, 0.4) is 0 Å². The lowest BCUT2D eigenvalue weighted by Crippen LogP contribution is -2.29. The Hall–Kier alpha value is -1.45. The van der Waals surface area contributed by atoms with E-state index in [0.717, 1.165) is 18.7 Å². The molecule has 0 amide bonds. The predicted molar refractivity (Wildman–Crippen MR) is 89.2 cm³/mol. The fraction of sp³-hybridized carbons (Fsp3) is 0.333. The van der Waals surface area contributed by atoms with Crippen LogP contribution in [0.2, 0.25) is 0 Å². The van der Waals surface area contributed by atoms with Gasteiger partial charge in [0.05, 0.1) is 7.11 Å². The molecule has 2 unspecified atom stereocenters. The van der Waals surface area contributed by atoms with Gasteiger partial charge in [-0.2, -0.15) is 0 Å². The Labute approximate surface area is 130 Å². The molecule has 2 atom stereocenters. The smallest absolute Gasteiger partial charge is 0.118 e. The highest BCUT2D eigenvalue weighted by molar-refractivity contribution is 8.00. The molecule has 0 radical (unpaired) electrons. The molecule has 0 aromatic heterocycles. The zero-order valence-electron chi connectivity index (χ0n) is 12.5. The maximum Gasteiger partial charge on any atom is 0.118 e. The number of nitrogens with one attached hydrogen (secondary N) is 1. The van der Waals surface area contributed by atoms with Gasteiger partial charge in [0.1, 0.15) is 5.75 Å². The Morgan fingerprint density at radius 3 is 2.62 bits per heavy atom. The van der Waals surface area contributed by atoms with Gasteiger partial charge in [-0.15, -0.1) is 11.8 Å². The maximum atomic E-state index is 5.26. The summed E-state index contributed by atoms with van der Waals surface area (Å²) in [5.41, 5.74) is 2.81. The SMILES string of the molecule is CCNC(c1ccc(OC)cc1)C1Cc2ccccc2S1. The van der Waals surface area contributed by atoms with Crippen LogP contribution < -0.4 is 10.1 Å². The van der Waals surface area contributed by atoms with Gasteiger partial charge < -0.3 is 10.1 Å². The molecular formula is C18H21NOS. The number of ether oxygens (including phenoxy) is 1. The average Bonchev–Trinajstić information content (AvgIpc) is 2.96. The minimum absolute atomic E-state index is 0.373. The summed E-state index contributed by atoms with van der Waals surface area (Å²) in [6.07, 6.45) is 1.13. The molecule has 0 bridgehead atoms. The van der Waals surface area contributed by atoms with Gasteiger partial charge in [-0.3, -0.25) is 0 Å². The zero-order chi connectivity index (χ0) is 14.7. The van der Waals surface area contributed by atoms with Crippen LogP contribution in [-0.4, -0.2) is 18.9 Å². The van der Waals surface area contributed by atoms with Crippen molar-refractivity contribution in [3.63, 3.8) is 0 Å². The van der Waals surface area contributed by atoms with Crippen molar-refractivity contribution in [3.05, 3.63) is 59.7 Å². The van der Waals surface area contributed by atoms with E-state index < -0.39 is 0 Å². The minimum atomic E-state index is 0.373. The third kappa shape index (κ3) is 3.09. The van der Waals surface area contributed by atoms with E-state index in [9.17, 15) is 0 Å². The highest BCUT2D eigenvalue weighted by Crippen LogP contribution is 2.42. The molecule has 0 aliphatic carbocycles. The Morgan fingerprint density at radius 1 is 1.19 bits per heavy atom. The lowest BCUT2D eigenvalue weighted by atomic mass is 9.98. The molecule has 1 heterocycles. The van der Waals surface area contributed by atoms with Gasteiger partial charge in [-0.05, 0) is 42.3 Å².